The third-order valence-corrected chi connectivity index (χ3v) is 4.79. The number of likely N-dealkylation sites (N-methyl/N-ethyl adjacent to an activating group) is 1. The Balaban J connectivity index is 2.08. The van der Waals surface area contributed by atoms with Crippen LogP contribution >= 0.6 is 0 Å². The minimum atomic E-state index is -3.23. The second-order valence-corrected chi connectivity index (χ2v) is 8.12. The molecule has 0 aliphatic carbocycles. The van der Waals surface area contributed by atoms with Gasteiger partial charge in [-0.1, -0.05) is 18.2 Å². The topological polar surface area (TPSA) is 70.5 Å². The molecule has 0 fully saturated rings. The Labute approximate surface area is 137 Å². The average Bonchev–Trinajstić information content (AvgIpc) is 2.47. The minimum absolute atomic E-state index is 0.251. The van der Waals surface area contributed by atoms with Crippen LogP contribution in [0.1, 0.15) is 18.1 Å². The summed E-state index contributed by atoms with van der Waals surface area (Å²) in [4.78, 5) is 6.33. The number of hydrogen-bond donors (Lipinski definition) is 1. The Morgan fingerprint density at radius 3 is 2.39 bits per heavy atom. The van der Waals surface area contributed by atoms with Gasteiger partial charge in [0.25, 0.3) is 0 Å². The van der Waals surface area contributed by atoms with Crippen LogP contribution in [0.4, 0.5) is 0 Å². The Kier molecular flexibility index (Phi) is 5.19. The van der Waals surface area contributed by atoms with Crippen LogP contribution in [-0.4, -0.2) is 43.3 Å². The molecule has 0 spiro atoms. The summed E-state index contributed by atoms with van der Waals surface area (Å²) in [7, 11) is -1.30. The zero-order valence-electron chi connectivity index (χ0n) is 13.6. The van der Waals surface area contributed by atoms with Crippen LogP contribution in [0.15, 0.2) is 53.7 Å². The van der Waals surface area contributed by atoms with Crippen LogP contribution < -0.4 is 0 Å². The fraction of sp³-hybridized carbons (Fsp3) is 0.353. The number of benzene rings is 1. The molecule has 0 bridgehead atoms. The summed E-state index contributed by atoms with van der Waals surface area (Å²) < 4.78 is 23.0. The van der Waals surface area contributed by atoms with Gasteiger partial charge in [-0.05, 0) is 43.3 Å². The average molecular weight is 334 g/mol. The summed E-state index contributed by atoms with van der Waals surface area (Å²) in [6.07, 6.45) is 4.69. The molecule has 0 unspecified atom stereocenters. The van der Waals surface area contributed by atoms with Crippen molar-refractivity contribution in [1.29, 1.82) is 0 Å². The van der Waals surface area contributed by atoms with Crippen molar-refractivity contribution in [2.24, 2.45) is 0 Å². The van der Waals surface area contributed by atoms with E-state index in [0.29, 0.717) is 18.7 Å². The molecule has 0 amide bonds. The number of rotatable bonds is 6. The van der Waals surface area contributed by atoms with Gasteiger partial charge in [0.05, 0.1) is 10.5 Å². The van der Waals surface area contributed by atoms with Gasteiger partial charge in [-0.3, -0.25) is 9.88 Å². The Bertz CT molecular complexity index is 741. The lowest BCUT2D eigenvalue weighted by atomic mass is 9.95. The summed E-state index contributed by atoms with van der Waals surface area (Å²) in [5, 5.41) is 10.7. The van der Waals surface area contributed by atoms with E-state index in [0.717, 1.165) is 5.56 Å². The van der Waals surface area contributed by atoms with Crippen molar-refractivity contribution in [3.63, 3.8) is 0 Å². The number of aliphatic hydroxyl groups is 1. The Morgan fingerprint density at radius 1 is 1.22 bits per heavy atom. The van der Waals surface area contributed by atoms with Crippen molar-refractivity contribution in [2.75, 3.05) is 19.8 Å². The quantitative estimate of drug-likeness (QED) is 0.873. The molecule has 0 aliphatic heterocycles. The normalized spacial score (nSPS) is 14.7. The molecular formula is C17H22N2O3S. The molecule has 0 radical (unpaired) electrons. The molecule has 0 saturated carbocycles. The van der Waals surface area contributed by atoms with Gasteiger partial charge in [0, 0.05) is 31.7 Å². The molecule has 0 saturated heterocycles. The fourth-order valence-electron chi connectivity index (χ4n) is 2.54. The molecule has 1 atom stereocenters. The third-order valence-electron chi connectivity index (χ3n) is 3.66. The largest absolute Gasteiger partial charge is 0.384 e. The van der Waals surface area contributed by atoms with Gasteiger partial charge in [-0.15, -0.1) is 0 Å². The highest BCUT2D eigenvalue weighted by atomic mass is 32.2. The maximum absolute atomic E-state index is 11.5. The molecule has 23 heavy (non-hydrogen) atoms. The number of sulfone groups is 1. The standard InChI is InChI=1S/C17H22N2O3S/c1-17(20,13-19(2)12-14-5-4-10-18-11-14)15-6-8-16(9-7-15)23(3,21)22/h4-11,20H,12-13H2,1-3H3/t17-/m1/s1. The molecule has 6 heteroatoms. The van der Waals surface area contributed by atoms with E-state index >= 15 is 0 Å². The molecule has 5 nitrogen and oxygen atoms in total. The molecule has 2 aromatic rings. The lowest BCUT2D eigenvalue weighted by molar-refractivity contribution is 0.0213. The summed E-state index contributed by atoms with van der Waals surface area (Å²) >= 11 is 0. The maximum atomic E-state index is 11.5. The van der Waals surface area contributed by atoms with E-state index in [2.05, 4.69) is 4.98 Å². The van der Waals surface area contributed by atoms with E-state index in [9.17, 15) is 13.5 Å². The van der Waals surface area contributed by atoms with Crippen LogP contribution in [0.3, 0.4) is 0 Å². The van der Waals surface area contributed by atoms with Crippen LogP contribution in [0.25, 0.3) is 0 Å². The molecule has 2 rings (SSSR count). The third kappa shape index (κ3) is 4.86. The van der Waals surface area contributed by atoms with E-state index in [1.165, 1.54) is 18.4 Å². The number of aromatic nitrogens is 1. The van der Waals surface area contributed by atoms with Crippen LogP contribution in [0.5, 0.6) is 0 Å². The fourth-order valence-corrected chi connectivity index (χ4v) is 3.17. The van der Waals surface area contributed by atoms with Crippen molar-refractivity contribution < 1.29 is 13.5 Å². The molecule has 124 valence electrons. The number of hydrogen-bond acceptors (Lipinski definition) is 5. The molecule has 1 aromatic heterocycles. The Morgan fingerprint density at radius 2 is 1.87 bits per heavy atom. The first-order chi connectivity index (χ1) is 10.7. The van der Waals surface area contributed by atoms with Gasteiger partial charge in [-0.25, -0.2) is 8.42 Å². The van der Waals surface area contributed by atoms with Gasteiger partial charge in [-0.2, -0.15) is 0 Å². The molecule has 1 N–H and O–H groups in total. The smallest absolute Gasteiger partial charge is 0.175 e. The van der Waals surface area contributed by atoms with Crippen LogP contribution in [0.2, 0.25) is 0 Å². The van der Waals surface area contributed by atoms with Gasteiger partial charge in [0.15, 0.2) is 9.84 Å². The van der Waals surface area contributed by atoms with Gasteiger partial charge in [0.1, 0.15) is 0 Å². The second-order valence-electron chi connectivity index (χ2n) is 6.10. The zero-order chi connectivity index (χ0) is 17.1. The van der Waals surface area contributed by atoms with Gasteiger partial charge >= 0.3 is 0 Å². The number of pyridine rings is 1. The lowest BCUT2D eigenvalue weighted by Crippen LogP contribution is -2.36. The summed E-state index contributed by atoms with van der Waals surface area (Å²) in [6.45, 7) is 2.81. The van der Waals surface area contributed by atoms with E-state index in [4.69, 9.17) is 0 Å². The van der Waals surface area contributed by atoms with Crippen molar-refractivity contribution in [1.82, 2.24) is 9.88 Å². The summed E-state index contributed by atoms with van der Waals surface area (Å²) in [5.41, 5.74) is 0.675. The van der Waals surface area contributed by atoms with E-state index in [1.54, 1.807) is 31.5 Å². The zero-order valence-corrected chi connectivity index (χ0v) is 14.4. The van der Waals surface area contributed by atoms with E-state index in [-0.39, 0.29) is 4.90 Å². The molecule has 0 aliphatic rings. The molecular weight excluding hydrogens is 312 g/mol. The van der Waals surface area contributed by atoms with Crippen molar-refractivity contribution in [3.05, 3.63) is 59.9 Å². The highest BCUT2D eigenvalue weighted by Gasteiger charge is 2.25. The van der Waals surface area contributed by atoms with Crippen LogP contribution in [-0.2, 0) is 22.0 Å². The minimum Gasteiger partial charge on any atom is -0.384 e. The van der Waals surface area contributed by atoms with E-state index < -0.39 is 15.4 Å². The summed E-state index contributed by atoms with van der Waals surface area (Å²) in [5.74, 6) is 0. The molecule has 1 aromatic carbocycles. The van der Waals surface area contributed by atoms with Crippen LogP contribution in [0, 0.1) is 0 Å². The molecule has 1 heterocycles. The van der Waals surface area contributed by atoms with Crippen molar-refractivity contribution in [3.8, 4) is 0 Å². The predicted molar refractivity (Wildman–Crippen MR) is 89.7 cm³/mol. The second kappa shape index (κ2) is 6.78. The van der Waals surface area contributed by atoms with Crippen molar-refractivity contribution >= 4 is 9.84 Å². The maximum Gasteiger partial charge on any atom is 0.175 e. The Hall–Kier alpha value is -1.76. The predicted octanol–water partition coefficient (Wildman–Crippen LogP) is 1.82. The van der Waals surface area contributed by atoms with Gasteiger partial charge < -0.3 is 5.11 Å². The highest BCUT2D eigenvalue weighted by molar-refractivity contribution is 7.90. The number of nitrogens with zero attached hydrogens (tertiary/aromatic N) is 2. The first-order valence-electron chi connectivity index (χ1n) is 7.29. The SMILES string of the molecule is CN(Cc1cccnc1)C[C@@](C)(O)c1ccc(S(C)(=O)=O)cc1. The monoisotopic (exact) mass is 334 g/mol. The summed E-state index contributed by atoms with van der Waals surface area (Å²) in [6, 6.07) is 10.2. The first-order valence-corrected chi connectivity index (χ1v) is 9.18. The van der Waals surface area contributed by atoms with E-state index in [1.807, 2.05) is 24.1 Å². The van der Waals surface area contributed by atoms with Crippen molar-refractivity contribution in [2.45, 2.75) is 24.0 Å². The first kappa shape index (κ1) is 17.6. The van der Waals surface area contributed by atoms with Gasteiger partial charge in [0.2, 0.25) is 0 Å². The lowest BCUT2D eigenvalue weighted by Gasteiger charge is -2.29. The highest BCUT2D eigenvalue weighted by Crippen LogP contribution is 2.23.